The molecule has 0 radical (unpaired) electrons. The number of rotatable bonds is 4. The van der Waals surface area contributed by atoms with Gasteiger partial charge in [-0.1, -0.05) is 17.8 Å². The molecule has 2 aliphatic rings. The summed E-state index contributed by atoms with van der Waals surface area (Å²) in [4.78, 5) is 25.6. The fourth-order valence-corrected chi connectivity index (χ4v) is 4.59. The molecule has 20 heavy (non-hydrogen) atoms. The lowest BCUT2D eigenvalue weighted by atomic mass is 9.81. The summed E-state index contributed by atoms with van der Waals surface area (Å²) in [6.45, 7) is 4.88. The summed E-state index contributed by atoms with van der Waals surface area (Å²) in [6, 6.07) is 0. The zero-order chi connectivity index (χ0) is 14.3. The largest absolute Gasteiger partial charge is 0.481 e. The minimum absolute atomic E-state index is 0.0786. The first-order valence-corrected chi connectivity index (χ1v) is 8.01. The second-order valence-electron chi connectivity index (χ2n) is 6.08. The van der Waals surface area contributed by atoms with Crippen LogP contribution in [0.3, 0.4) is 0 Å². The van der Waals surface area contributed by atoms with Crippen molar-refractivity contribution in [1.82, 2.24) is 9.47 Å². The van der Waals surface area contributed by atoms with E-state index in [1.165, 1.54) is 11.3 Å². The summed E-state index contributed by atoms with van der Waals surface area (Å²) in [7, 11) is 0. The lowest BCUT2D eigenvalue weighted by Gasteiger charge is -2.23. The van der Waals surface area contributed by atoms with E-state index < -0.39 is 11.4 Å². The van der Waals surface area contributed by atoms with Crippen molar-refractivity contribution in [2.75, 3.05) is 19.6 Å². The van der Waals surface area contributed by atoms with Crippen molar-refractivity contribution in [2.24, 2.45) is 11.3 Å². The number of hydrogen-bond donors (Lipinski definition) is 1. The van der Waals surface area contributed by atoms with Crippen molar-refractivity contribution < 1.29 is 9.90 Å². The van der Waals surface area contributed by atoms with Gasteiger partial charge in [0.1, 0.15) is 0 Å². The van der Waals surface area contributed by atoms with E-state index in [2.05, 4.69) is 4.90 Å². The number of aromatic nitrogens is 1. The molecule has 0 bridgehead atoms. The second-order valence-corrected chi connectivity index (χ2v) is 6.90. The molecule has 1 aliphatic carbocycles. The van der Waals surface area contributed by atoms with E-state index >= 15 is 0 Å². The van der Waals surface area contributed by atoms with E-state index in [9.17, 15) is 14.7 Å². The van der Waals surface area contributed by atoms with Gasteiger partial charge in [0.2, 0.25) is 0 Å². The minimum Gasteiger partial charge on any atom is -0.481 e. The summed E-state index contributed by atoms with van der Waals surface area (Å²) in [6.07, 6.45) is 2.87. The molecule has 1 aromatic rings. The number of thiazole rings is 1. The predicted octanol–water partition coefficient (Wildman–Crippen LogP) is 1.40. The van der Waals surface area contributed by atoms with Crippen LogP contribution in [0.25, 0.3) is 0 Å². The Hall–Kier alpha value is -1.14. The quantitative estimate of drug-likeness (QED) is 0.912. The summed E-state index contributed by atoms with van der Waals surface area (Å²) in [5, 5.41) is 11.4. The van der Waals surface area contributed by atoms with Crippen LogP contribution >= 0.6 is 11.3 Å². The number of aryl methyl sites for hydroxylation is 1. The van der Waals surface area contributed by atoms with E-state index in [0.717, 1.165) is 38.0 Å². The monoisotopic (exact) mass is 296 g/mol. The lowest BCUT2D eigenvalue weighted by molar-refractivity contribution is -0.149. The predicted molar refractivity (Wildman–Crippen MR) is 77.2 cm³/mol. The van der Waals surface area contributed by atoms with Crippen LogP contribution < -0.4 is 4.87 Å². The molecule has 2 heterocycles. The Morgan fingerprint density at radius 2 is 2.35 bits per heavy atom. The maximum Gasteiger partial charge on any atom is 0.311 e. The number of aliphatic carboxylic acids is 1. The molecule has 1 N–H and O–H groups in total. The number of nitrogens with zero attached hydrogens (tertiary/aromatic N) is 2. The standard InChI is InChI=1S/C14H20N2O3S/c1-10-8-20-13(19)16(10)6-5-15-7-11-3-2-4-14(11,9-15)12(17)18/h8,11H,2-7,9H2,1H3,(H,17,18)/t11-,14+/m0/s1. The maximum absolute atomic E-state index is 11.7. The molecule has 5 nitrogen and oxygen atoms in total. The number of carboxylic acids is 1. The van der Waals surface area contributed by atoms with E-state index in [1.807, 2.05) is 12.3 Å². The summed E-state index contributed by atoms with van der Waals surface area (Å²) < 4.78 is 1.78. The Morgan fingerprint density at radius 1 is 1.55 bits per heavy atom. The van der Waals surface area contributed by atoms with Crippen LogP contribution in [0.4, 0.5) is 0 Å². The first kappa shape index (κ1) is 13.8. The Morgan fingerprint density at radius 3 is 2.95 bits per heavy atom. The molecule has 6 heteroatoms. The van der Waals surface area contributed by atoms with Gasteiger partial charge in [0.25, 0.3) is 0 Å². The van der Waals surface area contributed by atoms with Gasteiger partial charge in [0.15, 0.2) is 0 Å². The van der Waals surface area contributed by atoms with Crippen LogP contribution in [0.2, 0.25) is 0 Å². The molecule has 0 aromatic carbocycles. The van der Waals surface area contributed by atoms with Crippen molar-refractivity contribution in [3.63, 3.8) is 0 Å². The average Bonchev–Trinajstić information content (AvgIpc) is 3.01. The normalized spacial score (nSPS) is 29.8. The lowest BCUT2D eigenvalue weighted by Crippen LogP contribution is -2.36. The molecular formula is C14H20N2O3S. The first-order chi connectivity index (χ1) is 9.53. The SMILES string of the molecule is Cc1csc(=O)n1CCN1C[C@@H]2CCC[C@@]2(C(=O)O)C1. The van der Waals surface area contributed by atoms with Crippen molar-refractivity contribution in [3.8, 4) is 0 Å². The average molecular weight is 296 g/mol. The van der Waals surface area contributed by atoms with Gasteiger partial charge in [-0.15, -0.1) is 0 Å². The Labute approximate surface area is 121 Å². The minimum atomic E-state index is -0.633. The smallest absolute Gasteiger partial charge is 0.311 e. The third kappa shape index (κ3) is 2.11. The van der Waals surface area contributed by atoms with Crippen LogP contribution in [0.1, 0.15) is 25.0 Å². The van der Waals surface area contributed by atoms with E-state index in [-0.39, 0.29) is 4.87 Å². The van der Waals surface area contributed by atoms with Crippen LogP contribution in [-0.2, 0) is 11.3 Å². The molecule has 0 amide bonds. The van der Waals surface area contributed by atoms with Gasteiger partial charge in [-0.25, -0.2) is 0 Å². The fourth-order valence-electron chi connectivity index (χ4n) is 3.83. The van der Waals surface area contributed by atoms with E-state index in [0.29, 0.717) is 19.0 Å². The zero-order valence-electron chi connectivity index (χ0n) is 11.7. The number of hydrogen-bond acceptors (Lipinski definition) is 4. The van der Waals surface area contributed by atoms with Gasteiger partial charge < -0.3 is 14.6 Å². The van der Waals surface area contributed by atoms with Gasteiger partial charge in [-0.05, 0) is 25.7 Å². The van der Waals surface area contributed by atoms with Crippen LogP contribution in [0.5, 0.6) is 0 Å². The highest BCUT2D eigenvalue weighted by Gasteiger charge is 2.54. The Balaban J connectivity index is 1.67. The van der Waals surface area contributed by atoms with Gasteiger partial charge in [0.05, 0.1) is 5.41 Å². The summed E-state index contributed by atoms with van der Waals surface area (Å²) >= 11 is 1.23. The molecule has 3 rings (SSSR count). The second kappa shape index (κ2) is 5.00. The Kier molecular flexibility index (Phi) is 3.46. The topological polar surface area (TPSA) is 62.5 Å². The number of carboxylic acid groups (broad SMARTS) is 1. The van der Waals surface area contributed by atoms with Gasteiger partial charge in [-0.3, -0.25) is 9.59 Å². The molecule has 2 atom stereocenters. The molecule has 1 aliphatic heterocycles. The molecule has 0 spiro atoms. The van der Waals surface area contributed by atoms with Crippen molar-refractivity contribution >= 4 is 17.3 Å². The third-order valence-electron chi connectivity index (χ3n) is 4.98. The highest BCUT2D eigenvalue weighted by atomic mass is 32.1. The van der Waals surface area contributed by atoms with E-state index in [4.69, 9.17) is 0 Å². The van der Waals surface area contributed by atoms with Crippen molar-refractivity contribution in [1.29, 1.82) is 0 Å². The molecular weight excluding hydrogens is 276 g/mol. The van der Waals surface area contributed by atoms with Crippen LogP contribution in [0, 0.1) is 18.3 Å². The third-order valence-corrected chi connectivity index (χ3v) is 5.86. The van der Waals surface area contributed by atoms with Gasteiger partial charge in [0, 0.05) is 37.3 Å². The van der Waals surface area contributed by atoms with E-state index in [1.54, 1.807) is 4.57 Å². The highest BCUT2D eigenvalue weighted by Crippen LogP contribution is 2.48. The van der Waals surface area contributed by atoms with Crippen LogP contribution in [-0.4, -0.2) is 40.2 Å². The van der Waals surface area contributed by atoms with Crippen molar-refractivity contribution in [3.05, 3.63) is 20.7 Å². The fraction of sp³-hybridized carbons (Fsp3) is 0.714. The maximum atomic E-state index is 11.7. The van der Waals surface area contributed by atoms with Gasteiger partial charge in [-0.2, -0.15) is 0 Å². The summed E-state index contributed by atoms with van der Waals surface area (Å²) in [5.74, 6) is -0.341. The Bertz CT molecular complexity index is 579. The molecule has 1 saturated heterocycles. The molecule has 0 unspecified atom stereocenters. The molecule has 2 fully saturated rings. The van der Waals surface area contributed by atoms with Crippen LogP contribution in [0.15, 0.2) is 10.2 Å². The molecule has 110 valence electrons. The number of fused-ring (bicyclic) bond motifs is 1. The van der Waals surface area contributed by atoms with Crippen molar-refractivity contribution in [2.45, 2.75) is 32.7 Å². The van der Waals surface area contributed by atoms with Gasteiger partial charge >= 0.3 is 10.8 Å². The number of likely N-dealkylation sites (tertiary alicyclic amines) is 1. The zero-order valence-corrected chi connectivity index (χ0v) is 12.5. The number of carbonyl (C=O) groups is 1. The summed E-state index contributed by atoms with van der Waals surface area (Å²) in [5.41, 5.74) is 0.474. The molecule has 1 aromatic heterocycles. The molecule has 1 saturated carbocycles. The highest BCUT2D eigenvalue weighted by molar-refractivity contribution is 7.07. The first-order valence-electron chi connectivity index (χ1n) is 7.13.